The van der Waals surface area contributed by atoms with Gasteiger partial charge in [0.25, 0.3) is 11.7 Å². The van der Waals surface area contributed by atoms with Crippen molar-refractivity contribution in [2.24, 2.45) is 0 Å². The Morgan fingerprint density at radius 1 is 0.865 bits per heavy atom. The molecule has 10 heteroatoms. The smallest absolute Gasteiger partial charge is 0.300 e. The van der Waals surface area contributed by atoms with Gasteiger partial charge in [-0.1, -0.05) is 11.6 Å². The van der Waals surface area contributed by atoms with E-state index in [-0.39, 0.29) is 34.1 Å². The second-order valence-electron chi connectivity index (χ2n) is 7.95. The molecule has 1 N–H and O–H groups in total. The average molecular weight is 528 g/mol. The summed E-state index contributed by atoms with van der Waals surface area (Å²) in [5.41, 5.74) is 0.624. The van der Waals surface area contributed by atoms with Gasteiger partial charge in [0.15, 0.2) is 11.5 Å². The number of amides is 1. The Morgan fingerprint density at radius 3 is 2.00 bits per heavy atom. The van der Waals surface area contributed by atoms with Gasteiger partial charge in [-0.25, -0.2) is 4.39 Å². The summed E-state index contributed by atoms with van der Waals surface area (Å²) in [6.45, 7) is 0. The Bertz CT molecular complexity index is 1380. The molecule has 1 fully saturated rings. The molecule has 3 aromatic rings. The SMILES string of the molecule is COc1cc(/C(O)=C2\C(=O)C(=O)N(c3ccc(F)cc3)C2c2cc(OC)c(OC)c(OC)c2)ccc1Cl. The molecular formula is C27H23ClFNO7. The highest BCUT2D eigenvalue weighted by atomic mass is 35.5. The molecule has 1 amide bonds. The molecule has 1 saturated heterocycles. The topological polar surface area (TPSA) is 94.5 Å². The molecule has 1 atom stereocenters. The minimum atomic E-state index is -1.12. The van der Waals surface area contributed by atoms with Gasteiger partial charge in [0.1, 0.15) is 17.3 Å². The summed E-state index contributed by atoms with van der Waals surface area (Å²) in [5.74, 6) is -1.70. The Morgan fingerprint density at radius 2 is 1.46 bits per heavy atom. The number of carbonyl (C=O) groups excluding carboxylic acids is 2. The lowest BCUT2D eigenvalue weighted by molar-refractivity contribution is -0.132. The molecule has 4 rings (SSSR count). The summed E-state index contributed by atoms with van der Waals surface area (Å²) in [6, 6.07) is 11.6. The van der Waals surface area contributed by atoms with E-state index in [1.807, 2.05) is 0 Å². The number of hydrogen-bond acceptors (Lipinski definition) is 7. The first-order chi connectivity index (χ1) is 17.7. The molecule has 0 aliphatic carbocycles. The minimum absolute atomic E-state index is 0.201. The third-order valence-electron chi connectivity index (χ3n) is 5.98. The van der Waals surface area contributed by atoms with Crippen LogP contribution in [-0.2, 0) is 9.59 Å². The van der Waals surface area contributed by atoms with Crippen molar-refractivity contribution < 1.29 is 38.0 Å². The van der Waals surface area contributed by atoms with Crippen LogP contribution in [0.5, 0.6) is 23.0 Å². The van der Waals surface area contributed by atoms with E-state index in [2.05, 4.69) is 0 Å². The Hall–Kier alpha value is -4.24. The summed E-state index contributed by atoms with van der Waals surface area (Å²) in [4.78, 5) is 27.9. The molecule has 3 aromatic carbocycles. The van der Waals surface area contributed by atoms with Gasteiger partial charge < -0.3 is 24.1 Å². The van der Waals surface area contributed by atoms with E-state index in [1.54, 1.807) is 12.1 Å². The van der Waals surface area contributed by atoms with E-state index in [1.165, 1.54) is 75.8 Å². The van der Waals surface area contributed by atoms with Crippen LogP contribution < -0.4 is 23.8 Å². The number of ether oxygens (including phenoxy) is 4. The highest BCUT2D eigenvalue weighted by molar-refractivity contribution is 6.51. The molecule has 1 aliphatic heterocycles. The van der Waals surface area contributed by atoms with Gasteiger partial charge >= 0.3 is 0 Å². The van der Waals surface area contributed by atoms with E-state index in [9.17, 15) is 19.1 Å². The zero-order valence-corrected chi connectivity index (χ0v) is 21.1. The van der Waals surface area contributed by atoms with Crippen LogP contribution in [0.15, 0.2) is 60.2 Å². The van der Waals surface area contributed by atoms with Gasteiger partial charge in [-0.3, -0.25) is 14.5 Å². The molecule has 0 spiro atoms. The summed E-state index contributed by atoms with van der Waals surface area (Å²) in [5, 5.41) is 11.6. The van der Waals surface area contributed by atoms with Gasteiger partial charge in [-0.2, -0.15) is 0 Å². The van der Waals surface area contributed by atoms with Crippen molar-refractivity contribution in [1.29, 1.82) is 0 Å². The number of aliphatic hydroxyl groups excluding tert-OH is 1. The summed E-state index contributed by atoms with van der Waals surface area (Å²) >= 11 is 6.13. The van der Waals surface area contributed by atoms with Gasteiger partial charge in [0, 0.05) is 11.3 Å². The molecule has 192 valence electrons. The molecule has 8 nitrogen and oxygen atoms in total. The van der Waals surface area contributed by atoms with Crippen molar-refractivity contribution in [3.05, 3.63) is 82.1 Å². The van der Waals surface area contributed by atoms with Crippen LogP contribution in [0.2, 0.25) is 5.02 Å². The number of nitrogens with zero attached hydrogens (tertiary/aromatic N) is 1. The molecule has 1 heterocycles. The van der Waals surface area contributed by atoms with Crippen LogP contribution in [0.1, 0.15) is 17.2 Å². The van der Waals surface area contributed by atoms with Crippen LogP contribution in [0.25, 0.3) is 5.76 Å². The maximum Gasteiger partial charge on any atom is 0.300 e. The molecule has 0 saturated carbocycles. The first kappa shape index (κ1) is 25.8. The second kappa shape index (κ2) is 10.4. The van der Waals surface area contributed by atoms with Gasteiger partial charge in [0.05, 0.1) is 45.1 Å². The predicted molar refractivity (Wildman–Crippen MR) is 135 cm³/mol. The number of methoxy groups -OCH3 is 4. The van der Waals surface area contributed by atoms with Gasteiger partial charge in [-0.05, 0) is 60.2 Å². The summed E-state index contributed by atoms with van der Waals surface area (Å²) in [6.07, 6.45) is 0. The Labute approximate surface area is 217 Å². The van der Waals surface area contributed by atoms with Crippen LogP contribution in [0.3, 0.4) is 0 Å². The van der Waals surface area contributed by atoms with Crippen molar-refractivity contribution in [3.63, 3.8) is 0 Å². The van der Waals surface area contributed by atoms with Gasteiger partial charge in [-0.15, -0.1) is 0 Å². The van der Waals surface area contributed by atoms with Crippen molar-refractivity contribution in [1.82, 2.24) is 0 Å². The standard InChI is InChI=1S/C27H23ClFNO7/c1-34-19-11-14(5-10-18(19)28)24(31)22-23(15-12-20(35-2)26(37-4)21(13-15)36-3)30(27(33)25(22)32)17-8-6-16(29)7-9-17/h5-13,23,31H,1-4H3/b24-22+. The third kappa shape index (κ3) is 4.53. The molecule has 37 heavy (non-hydrogen) atoms. The van der Waals surface area contributed by atoms with Crippen molar-refractivity contribution in [2.75, 3.05) is 33.3 Å². The summed E-state index contributed by atoms with van der Waals surface area (Å²) in [7, 11) is 5.71. The Balaban J connectivity index is 2.02. The lowest BCUT2D eigenvalue weighted by atomic mass is 9.94. The number of ketones is 1. The number of rotatable bonds is 7. The quantitative estimate of drug-likeness (QED) is 0.258. The van der Waals surface area contributed by atoms with Crippen LogP contribution in [-0.4, -0.2) is 45.2 Å². The fraction of sp³-hybridized carbons (Fsp3) is 0.185. The number of halogens is 2. The molecule has 0 bridgehead atoms. The first-order valence-electron chi connectivity index (χ1n) is 11.0. The third-order valence-corrected chi connectivity index (χ3v) is 6.29. The lowest BCUT2D eigenvalue weighted by Crippen LogP contribution is -2.29. The maximum absolute atomic E-state index is 13.7. The first-order valence-corrected chi connectivity index (χ1v) is 11.3. The van der Waals surface area contributed by atoms with E-state index in [4.69, 9.17) is 30.5 Å². The average Bonchev–Trinajstić information content (AvgIpc) is 3.18. The highest BCUT2D eigenvalue weighted by Gasteiger charge is 2.47. The summed E-state index contributed by atoms with van der Waals surface area (Å²) < 4.78 is 35.2. The zero-order chi connectivity index (χ0) is 26.9. The monoisotopic (exact) mass is 527 g/mol. The largest absolute Gasteiger partial charge is 0.507 e. The number of Topliss-reactive ketones (excluding diaryl/α,β-unsaturated/α-hetero) is 1. The van der Waals surface area contributed by atoms with Crippen LogP contribution in [0.4, 0.5) is 10.1 Å². The molecular weight excluding hydrogens is 505 g/mol. The number of carbonyl (C=O) groups is 2. The fourth-order valence-corrected chi connectivity index (χ4v) is 4.43. The van der Waals surface area contributed by atoms with E-state index in [0.29, 0.717) is 16.3 Å². The highest BCUT2D eigenvalue weighted by Crippen LogP contribution is 2.47. The Kier molecular flexibility index (Phi) is 7.26. The maximum atomic E-state index is 13.7. The number of aliphatic hydroxyl groups is 1. The van der Waals surface area contributed by atoms with Crippen LogP contribution in [0, 0.1) is 5.82 Å². The molecule has 1 unspecified atom stereocenters. The number of benzene rings is 3. The number of hydrogen-bond donors (Lipinski definition) is 1. The normalized spacial score (nSPS) is 16.6. The molecule has 1 aliphatic rings. The van der Waals surface area contributed by atoms with Crippen LogP contribution >= 0.6 is 11.6 Å². The fourth-order valence-electron chi connectivity index (χ4n) is 4.24. The minimum Gasteiger partial charge on any atom is -0.507 e. The van der Waals surface area contributed by atoms with E-state index in [0.717, 1.165) is 0 Å². The van der Waals surface area contributed by atoms with Gasteiger partial charge in [0.2, 0.25) is 5.75 Å². The predicted octanol–water partition coefficient (Wildman–Crippen LogP) is 5.14. The van der Waals surface area contributed by atoms with Crippen molar-refractivity contribution in [3.8, 4) is 23.0 Å². The molecule has 0 aromatic heterocycles. The zero-order valence-electron chi connectivity index (χ0n) is 20.4. The lowest BCUT2D eigenvalue weighted by Gasteiger charge is -2.26. The number of anilines is 1. The van der Waals surface area contributed by atoms with E-state index >= 15 is 0 Å². The van der Waals surface area contributed by atoms with Crippen molar-refractivity contribution in [2.45, 2.75) is 6.04 Å². The van der Waals surface area contributed by atoms with E-state index < -0.39 is 29.3 Å². The van der Waals surface area contributed by atoms with Crippen molar-refractivity contribution >= 4 is 34.7 Å². The molecule has 0 radical (unpaired) electrons. The second-order valence-corrected chi connectivity index (χ2v) is 8.36.